The van der Waals surface area contributed by atoms with Crippen LogP contribution in [0.5, 0.6) is 0 Å². The zero-order valence-corrected chi connectivity index (χ0v) is 15.0. The van der Waals surface area contributed by atoms with Crippen molar-refractivity contribution in [3.63, 3.8) is 0 Å². The molecule has 1 saturated heterocycles. The predicted octanol–water partition coefficient (Wildman–Crippen LogP) is 1.85. The summed E-state index contributed by atoms with van der Waals surface area (Å²) in [5, 5.41) is 12.3. The number of hydrogen-bond acceptors (Lipinski definition) is 4. The molecule has 7 heteroatoms. The Morgan fingerprint density at radius 1 is 1.37 bits per heavy atom. The first-order valence-corrected chi connectivity index (χ1v) is 8.44. The number of furan rings is 1. The lowest BCUT2D eigenvalue weighted by atomic mass is 10.0. The van der Waals surface area contributed by atoms with Gasteiger partial charge in [-0.3, -0.25) is 9.59 Å². The van der Waals surface area contributed by atoms with Crippen LogP contribution in [0.2, 0.25) is 0 Å². The number of halogens is 1. The second kappa shape index (κ2) is 7.25. The fourth-order valence-electron chi connectivity index (χ4n) is 2.77. The number of benzene rings is 1. The molecule has 0 radical (unpaired) electrons. The molecule has 27 heavy (non-hydrogen) atoms. The van der Waals surface area contributed by atoms with Gasteiger partial charge in [0.05, 0.1) is 0 Å². The van der Waals surface area contributed by atoms with Gasteiger partial charge in [-0.2, -0.15) is 0 Å². The summed E-state index contributed by atoms with van der Waals surface area (Å²) in [6, 6.07) is 7.64. The smallest absolute Gasteiger partial charge is 0.290 e. The first-order chi connectivity index (χ1) is 12.7. The summed E-state index contributed by atoms with van der Waals surface area (Å²) < 4.78 is 19.1. The summed E-state index contributed by atoms with van der Waals surface area (Å²) in [6.07, 6.45) is 0. The van der Waals surface area contributed by atoms with Crippen molar-refractivity contribution in [1.29, 1.82) is 0 Å². The molecule has 1 atom stereocenters. The number of carbonyl (C=O) groups is 2. The first kappa shape index (κ1) is 18.7. The van der Waals surface area contributed by atoms with E-state index >= 15 is 0 Å². The zero-order valence-electron chi connectivity index (χ0n) is 15.0. The van der Waals surface area contributed by atoms with Gasteiger partial charge in [0.25, 0.3) is 5.91 Å². The van der Waals surface area contributed by atoms with E-state index in [0.717, 1.165) is 0 Å². The lowest BCUT2D eigenvalue weighted by Gasteiger charge is -2.34. The van der Waals surface area contributed by atoms with Gasteiger partial charge in [0.2, 0.25) is 5.91 Å². The Morgan fingerprint density at radius 2 is 2.15 bits per heavy atom. The zero-order chi connectivity index (χ0) is 19.6. The second-order valence-electron chi connectivity index (χ2n) is 6.72. The van der Waals surface area contributed by atoms with Crippen LogP contribution in [0.3, 0.4) is 0 Å². The van der Waals surface area contributed by atoms with E-state index < -0.39 is 23.4 Å². The number of nitrogens with zero attached hydrogens (tertiary/aromatic N) is 1. The molecule has 0 aliphatic carbocycles. The van der Waals surface area contributed by atoms with Crippen LogP contribution >= 0.6 is 0 Å². The number of aliphatic hydroxyl groups is 1. The molecule has 0 spiro atoms. The summed E-state index contributed by atoms with van der Waals surface area (Å²) >= 11 is 0. The van der Waals surface area contributed by atoms with Crippen molar-refractivity contribution < 1.29 is 23.5 Å². The minimum absolute atomic E-state index is 0.0196. The minimum Gasteiger partial charge on any atom is -0.443 e. The maximum absolute atomic E-state index is 13.6. The van der Waals surface area contributed by atoms with Crippen molar-refractivity contribution in [1.82, 2.24) is 10.2 Å². The molecular formula is C20H19FN2O4. The van der Waals surface area contributed by atoms with Crippen molar-refractivity contribution in [3.8, 4) is 11.8 Å². The Kier molecular flexibility index (Phi) is 5.02. The number of carbonyl (C=O) groups excluding carboxylic acids is 2. The van der Waals surface area contributed by atoms with E-state index in [1.165, 1.54) is 49.1 Å². The van der Waals surface area contributed by atoms with Gasteiger partial charge in [0.15, 0.2) is 11.5 Å². The SMILES string of the molecule is CC(C)(O)C#Cc1ccc(C(=O)N2CCNC(=O)C2c2cccc(F)c2)o1. The van der Waals surface area contributed by atoms with Crippen LogP contribution in [-0.2, 0) is 4.79 Å². The van der Waals surface area contributed by atoms with Gasteiger partial charge in [-0.1, -0.05) is 18.1 Å². The molecule has 1 aromatic heterocycles. The molecule has 2 N–H and O–H groups in total. The fourth-order valence-corrected chi connectivity index (χ4v) is 2.77. The van der Waals surface area contributed by atoms with E-state index in [4.69, 9.17) is 4.42 Å². The van der Waals surface area contributed by atoms with Gasteiger partial charge in [-0.25, -0.2) is 4.39 Å². The van der Waals surface area contributed by atoms with Gasteiger partial charge in [0, 0.05) is 13.1 Å². The first-order valence-electron chi connectivity index (χ1n) is 8.44. The van der Waals surface area contributed by atoms with Crippen LogP contribution in [-0.4, -0.2) is 40.5 Å². The summed E-state index contributed by atoms with van der Waals surface area (Å²) in [6.45, 7) is 3.62. The fraction of sp³-hybridized carbons (Fsp3) is 0.300. The number of amides is 2. The van der Waals surface area contributed by atoms with Crippen LogP contribution in [0.1, 0.15) is 41.8 Å². The topological polar surface area (TPSA) is 82.8 Å². The minimum atomic E-state index is -1.19. The number of nitrogens with one attached hydrogen (secondary N) is 1. The molecule has 2 aromatic rings. The van der Waals surface area contributed by atoms with Crippen molar-refractivity contribution >= 4 is 11.8 Å². The molecule has 0 saturated carbocycles. The third-order valence-electron chi connectivity index (χ3n) is 3.95. The predicted molar refractivity (Wildman–Crippen MR) is 95.1 cm³/mol. The molecular weight excluding hydrogens is 351 g/mol. The van der Waals surface area contributed by atoms with Crippen molar-refractivity contribution in [2.24, 2.45) is 0 Å². The number of piperazine rings is 1. The molecule has 3 rings (SSSR count). The molecule has 140 valence electrons. The Balaban J connectivity index is 1.89. The van der Waals surface area contributed by atoms with Gasteiger partial charge in [-0.05, 0) is 49.6 Å². The molecule has 1 unspecified atom stereocenters. The number of rotatable bonds is 2. The van der Waals surface area contributed by atoms with Gasteiger partial charge >= 0.3 is 0 Å². The summed E-state index contributed by atoms with van der Waals surface area (Å²) in [5.41, 5.74) is -0.807. The molecule has 1 aliphatic rings. The third kappa shape index (κ3) is 4.36. The van der Waals surface area contributed by atoms with Crippen LogP contribution in [0.15, 0.2) is 40.8 Å². The molecule has 6 nitrogen and oxygen atoms in total. The van der Waals surface area contributed by atoms with E-state index in [-0.39, 0.29) is 24.0 Å². The average Bonchev–Trinajstić information content (AvgIpc) is 3.07. The molecule has 1 aliphatic heterocycles. The largest absolute Gasteiger partial charge is 0.443 e. The lowest BCUT2D eigenvalue weighted by molar-refractivity contribution is -0.128. The normalized spacial score (nSPS) is 17.1. The Hall–Kier alpha value is -3.11. The summed E-state index contributed by atoms with van der Waals surface area (Å²) in [7, 11) is 0. The molecule has 1 aromatic carbocycles. The van der Waals surface area contributed by atoms with Crippen molar-refractivity contribution in [2.45, 2.75) is 25.5 Å². The Labute approximate surface area is 156 Å². The highest BCUT2D eigenvalue weighted by atomic mass is 19.1. The molecule has 1 fully saturated rings. The van der Waals surface area contributed by atoms with Gasteiger partial charge in [0.1, 0.15) is 17.5 Å². The average molecular weight is 370 g/mol. The van der Waals surface area contributed by atoms with Crippen LogP contribution in [0, 0.1) is 17.7 Å². The Bertz CT molecular complexity index is 933. The van der Waals surface area contributed by atoms with E-state index in [9.17, 15) is 19.1 Å². The highest BCUT2D eigenvalue weighted by Crippen LogP contribution is 2.26. The van der Waals surface area contributed by atoms with Crippen LogP contribution < -0.4 is 5.32 Å². The van der Waals surface area contributed by atoms with E-state index in [0.29, 0.717) is 12.1 Å². The maximum Gasteiger partial charge on any atom is 0.290 e. The summed E-state index contributed by atoms with van der Waals surface area (Å²) in [4.78, 5) is 26.6. The maximum atomic E-state index is 13.6. The van der Waals surface area contributed by atoms with Gasteiger partial charge in [-0.15, -0.1) is 0 Å². The quantitative estimate of drug-likeness (QED) is 0.791. The number of hydrogen-bond donors (Lipinski definition) is 2. The van der Waals surface area contributed by atoms with Crippen LogP contribution in [0.4, 0.5) is 4.39 Å². The van der Waals surface area contributed by atoms with E-state index in [1.54, 1.807) is 6.07 Å². The molecule has 0 bridgehead atoms. The highest BCUT2D eigenvalue weighted by molar-refractivity contribution is 5.96. The van der Waals surface area contributed by atoms with Gasteiger partial charge < -0.3 is 19.7 Å². The van der Waals surface area contributed by atoms with Crippen molar-refractivity contribution in [2.75, 3.05) is 13.1 Å². The van der Waals surface area contributed by atoms with E-state index in [2.05, 4.69) is 17.2 Å². The summed E-state index contributed by atoms with van der Waals surface area (Å²) in [5.74, 6) is 4.14. The Morgan fingerprint density at radius 3 is 2.85 bits per heavy atom. The molecule has 2 amide bonds. The second-order valence-corrected chi connectivity index (χ2v) is 6.72. The monoisotopic (exact) mass is 370 g/mol. The van der Waals surface area contributed by atoms with E-state index in [1.807, 2.05) is 0 Å². The lowest BCUT2D eigenvalue weighted by Crippen LogP contribution is -2.52. The molecule has 2 heterocycles. The standard InChI is InChI=1S/C20H19FN2O4/c1-20(2,26)9-8-15-6-7-16(27-15)19(25)23-11-10-22-18(24)17(23)13-4-3-5-14(21)12-13/h3-7,12,17,26H,10-11H2,1-2H3,(H,22,24). The third-order valence-corrected chi connectivity index (χ3v) is 3.95. The van der Waals surface area contributed by atoms with Crippen molar-refractivity contribution in [3.05, 3.63) is 59.3 Å². The highest BCUT2D eigenvalue weighted by Gasteiger charge is 2.36. The van der Waals surface area contributed by atoms with Crippen LogP contribution in [0.25, 0.3) is 0 Å².